The molecular formula is C25H26FN3O4S. The van der Waals surface area contributed by atoms with Gasteiger partial charge in [0.05, 0.1) is 17.4 Å². The number of hydrogen-bond acceptors (Lipinski definition) is 6. The molecule has 1 fully saturated rings. The van der Waals surface area contributed by atoms with Gasteiger partial charge in [-0.25, -0.2) is 9.18 Å². The summed E-state index contributed by atoms with van der Waals surface area (Å²) in [5.74, 6) is -1.80. The number of anilines is 1. The average molecular weight is 484 g/mol. The number of hydrogen-bond donors (Lipinski definition) is 1. The molecule has 2 aromatic carbocycles. The third-order valence-electron chi connectivity index (χ3n) is 5.83. The number of carbonyl (C=O) groups excluding carboxylic acids is 3. The number of nitriles is 1. The number of likely N-dealkylation sites (N-methyl/N-ethyl adjacent to an activating group) is 1. The third-order valence-corrected chi connectivity index (χ3v) is 6.90. The lowest BCUT2D eigenvalue weighted by atomic mass is 9.81. The molecule has 2 amide bonds. The van der Waals surface area contributed by atoms with Crippen LogP contribution >= 0.6 is 11.8 Å². The maximum Gasteiger partial charge on any atom is 0.339 e. The van der Waals surface area contributed by atoms with Crippen LogP contribution in [0.5, 0.6) is 0 Å². The van der Waals surface area contributed by atoms with Crippen LogP contribution in [0.25, 0.3) is 0 Å². The maximum absolute atomic E-state index is 13.0. The standard InChI is InChI=1S/C25H26FN3O4S/c1-29(25(17-27)13-5-2-6-14-25)23(31)15-33-24(32)20-7-3-4-8-21(20)34-16-22(30)28-19-11-9-18(26)10-12-19/h3-4,7-12H,2,5-6,13-16H2,1H3,(H,28,30). The first-order valence-electron chi connectivity index (χ1n) is 11.0. The average Bonchev–Trinajstić information content (AvgIpc) is 2.87. The molecule has 0 atom stereocenters. The molecule has 0 aliphatic heterocycles. The van der Waals surface area contributed by atoms with Gasteiger partial charge in [0.1, 0.15) is 11.4 Å². The molecule has 0 heterocycles. The lowest BCUT2D eigenvalue weighted by molar-refractivity contribution is -0.138. The second-order valence-corrected chi connectivity index (χ2v) is 9.09. The normalized spacial score (nSPS) is 14.5. The number of carbonyl (C=O) groups is 3. The van der Waals surface area contributed by atoms with Crippen molar-refractivity contribution in [1.82, 2.24) is 4.90 Å². The fourth-order valence-electron chi connectivity index (χ4n) is 3.83. The van der Waals surface area contributed by atoms with Gasteiger partial charge in [-0.3, -0.25) is 9.59 Å². The number of rotatable bonds is 8. The van der Waals surface area contributed by atoms with Crippen molar-refractivity contribution in [3.8, 4) is 6.07 Å². The molecule has 1 N–H and O–H groups in total. The molecule has 3 rings (SSSR count). The minimum atomic E-state index is -0.854. The van der Waals surface area contributed by atoms with Crippen molar-refractivity contribution in [3.05, 3.63) is 59.9 Å². The van der Waals surface area contributed by atoms with Crippen LogP contribution in [0.4, 0.5) is 10.1 Å². The SMILES string of the molecule is CN(C(=O)COC(=O)c1ccccc1SCC(=O)Nc1ccc(F)cc1)C1(C#N)CCCCC1. The van der Waals surface area contributed by atoms with Gasteiger partial charge < -0.3 is 15.0 Å². The van der Waals surface area contributed by atoms with E-state index in [9.17, 15) is 24.0 Å². The van der Waals surface area contributed by atoms with E-state index in [2.05, 4.69) is 11.4 Å². The van der Waals surface area contributed by atoms with Gasteiger partial charge in [-0.2, -0.15) is 5.26 Å². The number of esters is 1. The smallest absolute Gasteiger partial charge is 0.339 e. The van der Waals surface area contributed by atoms with E-state index in [1.54, 1.807) is 31.3 Å². The fraction of sp³-hybridized carbons (Fsp3) is 0.360. The molecule has 1 saturated carbocycles. The Kier molecular flexibility index (Phi) is 8.66. The second-order valence-electron chi connectivity index (χ2n) is 8.07. The summed E-state index contributed by atoms with van der Waals surface area (Å²) in [4.78, 5) is 39.5. The van der Waals surface area contributed by atoms with Crippen LogP contribution in [-0.2, 0) is 14.3 Å². The highest BCUT2D eigenvalue weighted by Crippen LogP contribution is 2.32. The molecular weight excluding hydrogens is 457 g/mol. The summed E-state index contributed by atoms with van der Waals surface area (Å²) in [6.07, 6.45) is 4.02. The first-order chi connectivity index (χ1) is 16.3. The number of nitrogens with one attached hydrogen (secondary N) is 1. The van der Waals surface area contributed by atoms with Crippen LogP contribution in [0.2, 0.25) is 0 Å². The topological polar surface area (TPSA) is 99.5 Å². The van der Waals surface area contributed by atoms with Crippen molar-refractivity contribution in [2.24, 2.45) is 0 Å². The zero-order valence-corrected chi connectivity index (χ0v) is 19.7. The van der Waals surface area contributed by atoms with Crippen LogP contribution in [0.15, 0.2) is 53.4 Å². The highest BCUT2D eigenvalue weighted by atomic mass is 32.2. The summed E-state index contributed by atoms with van der Waals surface area (Å²) in [6.45, 7) is -0.469. The Morgan fingerprint density at radius 3 is 2.47 bits per heavy atom. The lowest BCUT2D eigenvalue weighted by Crippen LogP contribution is -2.51. The molecule has 1 aliphatic rings. The summed E-state index contributed by atoms with van der Waals surface area (Å²) < 4.78 is 18.3. The molecule has 0 unspecified atom stereocenters. The van der Waals surface area contributed by atoms with Crippen LogP contribution < -0.4 is 5.32 Å². The van der Waals surface area contributed by atoms with E-state index in [4.69, 9.17) is 4.74 Å². The van der Waals surface area contributed by atoms with Gasteiger partial charge in [0.15, 0.2) is 6.61 Å². The van der Waals surface area contributed by atoms with Crippen molar-refractivity contribution in [2.75, 3.05) is 24.7 Å². The summed E-state index contributed by atoms with van der Waals surface area (Å²) in [5, 5.41) is 12.3. The van der Waals surface area contributed by atoms with Crippen molar-refractivity contribution >= 4 is 35.2 Å². The van der Waals surface area contributed by atoms with Gasteiger partial charge in [0, 0.05) is 17.6 Å². The molecule has 0 bridgehead atoms. The van der Waals surface area contributed by atoms with Gasteiger partial charge in [0.25, 0.3) is 5.91 Å². The van der Waals surface area contributed by atoms with Crippen molar-refractivity contribution < 1.29 is 23.5 Å². The molecule has 0 saturated heterocycles. The maximum atomic E-state index is 13.0. The number of ether oxygens (including phenoxy) is 1. The number of nitrogens with zero attached hydrogens (tertiary/aromatic N) is 2. The van der Waals surface area contributed by atoms with E-state index in [0.29, 0.717) is 23.4 Å². The molecule has 1 aliphatic carbocycles. The van der Waals surface area contributed by atoms with Crippen molar-refractivity contribution in [3.63, 3.8) is 0 Å². The number of amides is 2. The van der Waals surface area contributed by atoms with Crippen LogP contribution in [0.1, 0.15) is 42.5 Å². The molecule has 0 radical (unpaired) electrons. The molecule has 178 valence electrons. The minimum Gasteiger partial charge on any atom is -0.452 e. The lowest BCUT2D eigenvalue weighted by Gasteiger charge is -2.38. The molecule has 7 nitrogen and oxygen atoms in total. The summed E-state index contributed by atoms with van der Waals surface area (Å²) in [7, 11) is 1.58. The van der Waals surface area contributed by atoms with E-state index >= 15 is 0 Å². The molecule has 2 aromatic rings. The predicted molar refractivity (Wildman–Crippen MR) is 127 cm³/mol. The molecule has 0 aromatic heterocycles. The van der Waals surface area contributed by atoms with Crippen LogP contribution in [0.3, 0.4) is 0 Å². The highest BCUT2D eigenvalue weighted by molar-refractivity contribution is 8.00. The summed E-state index contributed by atoms with van der Waals surface area (Å²) in [6, 6.07) is 14.3. The second kappa shape index (κ2) is 11.7. The van der Waals surface area contributed by atoms with Gasteiger partial charge in [0.2, 0.25) is 5.91 Å². The quantitative estimate of drug-likeness (QED) is 0.441. The van der Waals surface area contributed by atoms with Gasteiger partial charge in [-0.05, 0) is 49.2 Å². The van der Waals surface area contributed by atoms with E-state index in [-0.39, 0.29) is 17.2 Å². The Morgan fingerprint density at radius 2 is 1.79 bits per heavy atom. The highest BCUT2D eigenvalue weighted by Gasteiger charge is 2.39. The monoisotopic (exact) mass is 483 g/mol. The first-order valence-corrected chi connectivity index (χ1v) is 12.0. The van der Waals surface area contributed by atoms with E-state index < -0.39 is 29.8 Å². The van der Waals surface area contributed by atoms with Crippen molar-refractivity contribution in [1.29, 1.82) is 5.26 Å². The van der Waals surface area contributed by atoms with Gasteiger partial charge in [-0.15, -0.1) is 11.8 Å². The Labute approximate surface area is 202 Å². The number of halogens is 1. The summed E-state index contributed by atoms with van der Waals surface area (Å²) in [5.41, 5.74) is -0.145. The van der Waals surface area contributed by atoms with Gasteiger partial charge >= 0.3 is 5.97 Å². The van der Waals surface area contributed by atoms with E-state index in [1.165, 1.54) is 29.2 Å². The van der Waals surface area contributed by atoms with Gasteiger partial charge in [-0.1, -0.05) is 31.4 Å². The Bertz CT molecular complexity index is 1080. The van der Waals surface area contributed by atoms with E-state index in [0.717, 1.165) is 31.0 Å². The molecule has 0 spiro atoms. The third kappa shape index (κ3) is 6.35. The zero-order chi connectivity index (χ0) is 24.6. The Morgan fingerprint density at radius 1 is 1.12 bits per heavy atom. The zero-order valence-electron chi connectivity index (χ0n) is 18.9. The van der Waals surface area contributed by atoms with Crippen LogP contribution in [0, 0.1) is 17.1 Å². The van der Waals surface area contributed by atoms with E-state index in [1.807, 2.05) is 0 Å². The largest absolute Gasteiger partial charge is 0.452 e. The fourth-order valence-corrected chi connectivity index (χ4v) is 4.67. The Hall–Kier alpha value is -3.38. The summed E-state index contributed by atoms with van der Waals surface area (Å²) >= 11 is 1.15. The predicted octanol–water partition coefficient (Wildman–Crippen LogP) is 4.40. The first kappa shape index (κ1) is 25.2. The molecule has 9 heteroatoms. The van der Waals surface area contributed by atoms with Crippen LogP contribution in [-0.4, -0.2) is 47.6 Å². The Balaban J connectivity index is 1.56. The van der Waals surface area contributed by atoms with Crippen molar-refractivity contribution in [2.45, 2.75) is 42.5 Å². The molecule has 34 heavy (non-hydrogen) atoms. The number of thioether (sulfide) groups is 1. The number of benzene rings is 2. The minimum absolute atomic E-state index is 0.0219.